The highest BCUT2D eigenvalue weighted by Gasteiger charge is 2.10. The first-order valence-electron chi connectivity index (χ1n) is 6.12. The summed E-state index contributed by atoms with van der Waals surface area (Å²) in [5, 5.41) is 7.21. The Morgan fingerprint density at radius 1 is 1.33 bits per heavy atom. The standard InChI is InChI=1S/C14H18N2OS/c1-10(8-15-2)9-16-14(17)13-7-11-5-3-4-6-12(11)18-13/h3-7,10,15H,8-9H2,1-2H3,(H,16,17). The van der Waals surface area contributed by atoms with E-state index in [2.05, 4.69) is 17.6 Å². The average molecular weight is 262 g/mol. The topological polar surface area (TPSA) is 41.1 Å². The molecule has 96 valence electrons. The van der Waals surface area contributed by atoms with Gasteiger partial charge in [-0.15, -0.1) is 11.3 Å². The Kier molecular flexibility index (Phi) is 4.33. The number of thiophene rings is 1. The number of benzene rings is 1. The van der Waals surface area contributed by atoms with Crippen LogP contribution in [-0.4, -0.2) is 26.0 Å². The Labute approximate surface area is 111 Å². The lowest BCUT2D eigenvalue weighted by Crippen LogP contribution is -2.31. The predicted octanol–water partition coefficient (Wildman–Crippen LogP) is 2.49. The first-order chi connectivity index (χ1) is 8.70. The molecule has 2 aromatic rings. The van der Waals surface area contributed by atoms with Crippen LogP contribution in [0.15, 0.2) is 30.3 Å². The maximum atomic E-state index is 12.0. The van der Waals surface area contributed by atoms with Gasteiger partial charge in [-0.25, -0.2) is 0 Å². The molecule has 1 atom stereocenters. The zero-order chi connectivity index (χ0) is 13.0. The van der Waals surface area contributed by atoms with Crippen LogP contribution in [0.25, 0.3) is 10.1 Å². The first kappa shape index (κ1) is 13.1. The van der Waals surface area contributed by atoms with Crippen LogP contribution >= 0.6 is 11.3 Å². The fourth-order valence-corrected chi connectivity index (χ4v) is 2.85. The van der Waals surface area contributed by atoms with Crippen molar-refractivity contribution in [1.82, 2.24) is 10.6 Å². The fourth-order valence-electron chi connectivity index (χ4n) is 1.87. The van der Waals surface area contributed by atoms with Crippen LogP contribution in [0.4, 0.5) is 0 Å². The summed E-state index contributed by atoms with van der Waals surface area (Å²) in [6.45, 7) is 3.72. The Hall–Kier alpha value is -1.39. The highest BCUT2D eigenvalue weighted by Crippen LogP contribution is 2.24. The van der Waals surface area contributed by atoms with Crippen molar-refractivity contribution in [3.8, 4) is 0 Å². The van der Waals surface area contributed by atoms with Gasteiger partial charge in [0.15, 0.2) is 0 Å². The number of amides is 1. The van der Waals surface area contributed by atoms with Gasteiger partial charge in [0.05, 0.1) is 4.88 Å². The molecule has 0 saturated carbocycles. The van der Waals surface area contributed by atoms with E-state index in [-0.39, 0.29) is 5.91 Å². The molecule has 1 amide bonds. The maximum Gasteiger partial charge on any atom is 0.261 e. The summed E-state index contributed by atoms with van der Waals surface area (Å²) in [4.78, 5) is 12.8. The van der Waals surface area contributed by atoms with Crippen LogP contribution < -0.4 is 10.6 Å². The van der Waals surface area contributed by atoms with Crippen LogP contribution in [-0.2, 0) is 0 Å². The summed E-state index contributed by atoms with van der Waals surface area (Å²) in [7, 11) is 1.92. The molecule has 0 radical (unpaired) electrons. The molecule has 0 fully saturated rings. The molecule has 0 aliphatic carbocycles. The average Bonchev–Trinajstić information content (AvgIpc) is 2.80. The van der Waals surface area contributed by atoms with Gasteiger partial charge in [-0.3, -0.25) is 4.79 Å². The third-order valence-corrected chi connectivity index (χ3v) is 3.93. The zero-order valence-corrected chi connectivity index (χ0v) is 11.5. The van der Waals surface area contributed by atoms with E-state index in [9.17, 15) is 4.79 Å². The lowest BCUT2D eigenvalue weighted by atomic mass is 10.2. The van der Waals surface area contributed by atoms with E-state index in [1.54, 1.807) is 11.3 Å². The molecule has 1 heterocycles. The highest BCUT2D eigenvalue weighted by molar-refractivity contribution is 7.20. The molecular formula is C14H18N2OS. The second-order valence-electron chi connectivity index (χ2n) is 4.52. The summed E-state index contributed by atoms with van der Waals surface area (Å²) in [6.07, 6.45) is 0. The number of fused-ring (bicyclic) bond motifs is 1. The normalized spacial score (nSPS) is 12.6. The molecule has 0 spiro atoms. The molecular weight excluding hydrogens is 244 g/mol. The smallest absolute Gasteiger partial charge is 0.261 e. The van der Waals surface area contributed by atoms with Gasteiger partial charge in [0.2, 0.25) is 0 Å². The molecule has 1 aromatic heterocycles. The lowest BCUT2D eigenvalue weighted by molar-refractivity contribution is 0.0952. The Morgan fingerprint density at radius 2 is 2.11 bits per heavy atom. The second kappa shape index (κ2) is 5.98. The van der Waals surface area contributed by atoms with Crippen molar-refractivity contribution in [2.24, 2.45) is 5.92 Å². The minimum atomic E-state index is 0.0270. The first-order valence-corrected chi connectivity index (χ1v) is 6.93. The largest absolute Gasteiger partial charge is 0.351 e. The van der Waals surface area contributed by atoms with E-state index in [0.29, 0.717) is 12.5 Å². The van der Waals surface area contributed by atoms with Gasteiger partial charge in [-0.2, -0.15) is 0 Å². The molecule has 1 aromatic carbocycles. The Balaban J connectivity index is 2.00. The quantitative estimate of drug-likeness (QED) is 0.869. The van der Waals surface area contributed by atoms with E-state index in [1.165, 1.54) is 0 Å². The minimum absolute atomic E-state index is 0.0270. The van der Waals surface area contributed by atoms with Crippen molar-refractivity contribution in [3.63, 3.8) is 0 Å². The number of hydrogen-bond donors (Lipinski definition) is 2. The second-order valence-corrected chi connectivity index (χ2v) is 5.61. The van der Waals surface area contributed by atoms with Crippen LogP contribution in [0.2, 0.25) is 0 Å². The van der Waals surface area contributed by atoms with E-state index in [1.807, 2.05) is 37.4 Å². The van der Waals surface area contributed by atoms with E-state index >= 15 is 0 Å². The van der Waals surface area contributed by atoms with E-state index in [0.717, 1.165) is 21.5 Å². The SMILES string of the molecule is CNCC(C)CNC(=O)c1cc2ccccc2s1. The molecule has 3 nitrogen and oxygen atoms in total. The van der Waals surface area contributed by atoms with Gasteiger partial charge >= 0.3 is 0 Å². The molecule has 0 bridgehead atoms. The molecule has 2 N–H and O–H groups in total. The number of carbonyl (C=O) groups excluding carboxylic acids is 1. The van der Waals surface area contributed by atoms with Crippen LogP contribution in [0.1, 0.15) is 16.6 Å². The summed E-state index contributed by atoms with van der Waals surface area (Å²) < 4.78 is 1.16. The molecule has 0 saturated heterocycles. The summed E-state index contributed by atoms with van der Waals surface area (Å²) in [6, 6.07) is 10.0. The number of nitrogens with one attached hydrogen (secondary N) is 2. The number of hydrogen-bond acceptors (Lipinski definition) is 3. The molecule has 0 aliphatic heterocycles. The molecule has 4 heteroatoms. The van der Waals surface area contributed by atoms with Crippen LogP contribution in [0.3, 0.4) is 0 Å². The Morgan fingerprint density at radius 3 is 2.83 bits per heavy atom. The van der Waals surface area contributed by atoms with Crippen molar-refractivity contribution >= 4 is 27.3 Å². The predicted molar refractivity (Wildman–Crippen MR) is 77.2 cm³/mol. The van der Waals surface area contributed by atoms with Gasteiger partial charge in [0.25, 0.3) is 5.91 Å². The molecule has 2 rings (SSSR count). The van der Waals surface area contributed by atoms with Crippen molar-refractivity contribution in [2.45, 2.75) is 6.92 Å². The molecule has 18 heavy (non-hydrogen) atoms. The summed E-state index contributed by atoms with van der Waals surface area (Å²) >= 11 is 1.54. The fraction of sp³-hybridized carbons (Fsp3) is 0.357. The van der Waals surface area contributed by atoms with E-state index < -0.39 is 0 Å². The summed E-state index contributed by atoms with van der Waals surface area (Å²) in [5.74, 6) is 0.465. The third-order valence-electron chi connectivity index (χ3n) is 2.81. The van der Waals surface area contributed by atoms with Gasteiger partial charge in [-0.05, 0) is 37.0 Å². The monoisotopic (exact) mass is 262 g/mol. The van der Waals surface area contributed by atoms with Crippen molar-refractivity contribution in [1.29, 1.82) is 0 Å². The van der Waals surface area contributed by atoms with Gasteiger partial charge in [0.1, 0.15) is 0 Å². The zero-order valence-electron chi connectivity index (χ0n) is 10.7. The van der Waals surface area contributed by atoms with Crippen molar-refractivity contribution < 1.29 is 4.79 Å². The molecule has 1 unspecified atom stereocenters. The minimum Gasteiger partial charge on any atom is -0.351 e. The maximum absolute atomic E-state index is 12.0. The molecule has 0 aliphatic rings. The summed E-state index contributed by atoms with van der Waals surface area (Å²) in [5.41, 5.74) is 0. The Bertz CT molecular complexity index is 502. The number of carbonyl (C=O) groups is 1. The van der Waals surface area contributed by atoms with Crippen molar-refractivity contribution in [2.75, 3.05) is 20.1 Å². The van der Waals surface area contributed by atoms with Gasteiger partial charge < -0.3 is 10.6 Å². The third kappa shape index (κ3) is 3.09. The van der Waals surface area contributed by atoms with Gasteiger partial charge in [0, 0.05) is 11.2 Å². The van der Waals surface area contributed by atoms with Crippen LogP contribution in [0, 0.1) is 5.92 Å². The van der Waals surface area contributed by atoms with Gasteiger partial charge in [-0.1, -0.05) is 25.1 Å². The van der Waals surface area contributed by atoms with Crippen LogP contribution in [0.5, 0.6) is 0 Å². The van der Waals surface area contributed by atoms with E-state index in [4.69, 9.17) is 0 Å². The highest BCUT2D eigenvalue weighted by atomic mass is 32.1. The number of rotatable bonds is 5. The lowest BCUT2D eigenvalue weighted by Gasteiger charge is -2.10. The van der Waals surface area contributed by atoms with Crippen molar-refractivity contribution in [3.05, 3.63) is 35.2 Å².